The standard InChI is InChI=1S/C25H20FN5.C25H22N6O.C25H22N6.C25H22N5O/c26-20-18(11-9-16-10-12-19(29-21(16)20)15-5-2-1-3-6-15)22-23-24(27)28-13-14-31(23)25(30-22)17-7-4-8-17;1-32-25-18-11-10-17(14-19(18)28-23(30-25)15-6-3-2-4-7-15)20-21-22(26)27-12-13-31(21)24(29-20)16-8-5-9-16;1-15-19-11-10-18(14-20(19)29-24(28-15)16-6-3-2-4-7-16)21-22-23(26)27-12-13-31(22)25(30-21)17-8-5-9-17;26-24-23-22(28-25(18-7-4-8-18)29(23)14-13-27-24)19-10-9-17-11-12-20(30(31)21(17)15-19)16-5-2-1-3-6-16/h1-3,5-6,9-14,17H,4,7-8H2,(H2,27,28);2-4,6-7,10-14,16H,5,8-9H2,1H3,(H2,26,27);2-4,6-7,10-14,17H,5,8-9H2,1H3,(H2,26,27);1-3,5-6,9-15,18,31H,4,7-8H2,(H2,26,27)/q;;;+1. The molecule has 0 bridgehead atoms. The molecule has 0 spiro atoms. The van der Waals surface area contributed by atoms with Crippen LogP contribution in [0, 0.1) is 12.7 Å². The summed E-state index contributed by atoms with van der Waals surface area (Å²) in [5, 5.41) is 14.6. The van der Waals surface area contributed by atoms with Crippen LogP contribution in [0.3, 0.4) is 0 Å². The molecule has 0 amide bonds. The number of rotatable bonds is 13. The maximum absolute atomic E-state index is 15.8. The van der Waals surface area contributed by atoms with Gasteiger partial charge in [0.25, 0.3) is 11.2 Å². The van der Waals surface area contributed by atoms with Crippen LogP contribution in [0.25, 0.3) is 156 Å². The van der Waals surface area contributed by atoms with Gasteiger partial charge in [-0.25, -0.2) is 64.2 Å². The molecule has 4 fully saturated rings. The van der Waals surface area contributed by atoms with Crippen molar-refractivity contribution in [1.29, 1.82) is 0 Å². The third-order valence-corrected chi connectivity index (χ3v) is 25.1. The van der Waals surface area contributed by atoms with E-state index < -0.39 is 5.82 Å². The molecule has 0 unspecified atom stereocenters. The van der Waals surface area contributed by atoms with Crippen molar-refractivity contribution in [1.82, 2.24) is 82.4 Å². The van der Waals surface area contributed by atoms with Crippen molar-refractivity contribution in [2.45, 2.75) is 108 Å². The zero-order valence-corrected chi connectivity index (χ0v) is 68.7. The molecule has 4 aliphatic rings. The lowest BCUT2D eigenvalue weighted by atomic mass is 9.85. The van der Waals surface area contributed by atoms with Crippen molar-refractivity contribution in [2.24, 2.45) is 0 Å². The van der Waals surface area contributed by atoms with Crippen molar-refractivity contribution in [3.8, 4) is 96.2 Å². The van der Waals surface area contributed by atoms with Crippen LogP contribution in [0.5, 0.6) is 5.88 Å². The van der Waals surface area contributed by atoms with Crippen LogP contribution < -0.4 is 32.4 Å². The molecule has 24 nitrogen and oxygen atoms in total. The second-order valence-electron chi connectivity index (χ2n) is 32.5. The fourth-order valence-corrected chi connectivity index (χ4v) is 17.5. The van der Waals surface area contributed by atoms with Crippen LogP contribution in [0.2, 0.25) is 0 Å². The number of ether oxygens (including phenoxy) is 1. The summed E-state index contributed by atoms with van der Waals surface area (Å²) in [5.41, 5.74) is 43.6. The van der Waals surface area contributed by atoms with Gasteiger partial charge in [0.2, 0.25) is 5.88 Å². The van der Waals surface area contributed by atoms with Gasteiger partial charge in [-0.3, -0.25) is 22.8 Å². The molecular formula is C100H86FN22O2+. The predicted octanol–water partition coefficient (Wildman–Crippen LogP) is 20.2. The zero-order valence-electron chi connectivity index (χ0n) is 68.7. The minimum absolute atomic E-state index is 0.327. The van der Waals surface area contributed by atoms with E-state index >= 15 is 4.39 Å². The van der Waals surface area contributed by atoms with Crippen LogP contribution in [-0.2, 0) is 0 Å². The lowest BCUT2D eigenvalue weighted by Gasteiger charge is -2.23. The quantitative estimate of drug-likeness (QED) is 0.0529. The highest BCUT2D eigenvalue weighted by Gasteiger charge is 2.33. The van der Waals surface area contributed by atoms with Crippen LogP contribution in [0.15, 0.2) is 262 Å². The van der Waals surface area contributed by atoms with E-state index in [2.05, 4.69) is 61.3 Å². The number of anilines is 4. The molecule has 0 radical (unpaired) electrons. The SMILES string of the molecule is COc1nc(-c2ccccc2)nc2cc(-c3nc(C4CCC4)n4ccnc(N)c34)ccc12.Cc1nc(-c2ccccc2)nc2cc(-c3nc(C4CCC4)n4ccnc(N)c34)ccc12.Nc1nccn2c(C3CCC3)nc(-c3ccc4ccc(-c5ccccc5)[n+](O)c4c3)c12.Nc1nccn2c(C3CCC3)nc(-c3ccc4ccc(-c5ccccc5)nc4c3F)c12. The van der Waals surface area contributed by atoms with Gasteiger partial charge in [-0.2, -0.15) is 4.98 Å². The topological polar surface area (TPSA) is 323 Å². The number of nitrogens with two attached hydrogens (primary N) is 4. The van der Waals surface area contributed by atoms with Gasteiger partial charge >= 0.3 is 0 Å². The number of nitrogens with zero attached hydrogens (tertiary/aromatic N) is 18. The first-order chi connectivity index (χ1) is 61.3. The van der Waals surface area contributed by atoms with Gasteiger partial charge in [-0.1, -0.05) is 171 Å². The number of methoxy groups -OCH3 is 1. The van der Waals surface area contributed by atoms with Gasteiger partial charge in [-0.05, 0) is 113 Å². The predicted molar refractivity (Wildman–Crippen MR) is 487 cm³/mol. The normalized spacial score (nSPS) is 14.2. The Morgan fingerprint density at radius 2 is 0.760 bits per heavy atom. The highest BCUT2D eigenvalue weighted by molar-refractivity contribution is 5.97. The fraction of sp³-hybridized carbons (Fsp3) is 0.180. The fourth-order valence-electron chi connectivity index (χ4n) is 17.5. The van der Waals surface area contributed by atoms with Crippen molar-refractivity contribution >= 4 is 88.9 Å². The monoisotopic (exact) mass is 1650 g/mol. The summed E-state index contributed by atoms with van der Waals surface area (Å²) in [7, 11) is 1.63. The number of hydrogen-bond donors (Lipinski definition) is 5. The average Bonchev–Trinajstić information content (AvgIpc) is 1.61. The number of fused-ring (bicyclic) bond motifs is 8. The number of aromatic nitrogens is 18. The minimum atomic E-state index is -0.390. The first kappa shape index (κ1) is 76.8. The molecule has 24 rings (SSSR count). The molecule has 4 aliphatic carbocycles. The molecule has 4 saturated carbocycles. The van der Waals surface area contributed by atoms with E-state index in [4.69, 9.17) is 62.6 Å². The third kappa shape index (κ3) is 14.0. The van der Waals surface area contributed by atoms with Crippen molar-refractivity contribution in [3.63, 3.8) is 0 Å². The second kappa shape index (κ2) is 32.1. The first-order valence-electron chi connectivity index (χ1n) is 42.5. The molecule has 8 aromatic carbocycles. The smallest absolute Gasteiger partial charge is 0.265 e. The number of benzene rings is 8. The summed E-state index contributed by atoms with van der Waals surface area (Å²) in [6.45, 7) is 2.03. The Hall–Kier alpha value is -15.5. The molecule has 20 aromatic rings. The number of imidazole rings is 4. The molecular weight excluding hydrogens is 1560 g/mol. The van der Waals surface area contributed by atoms with Crippen molar-refractivity contribution < 1.29 is 19.1 Å². The number of pyridine rings is 2. The Morgan fingerprint density at radius 3 is 1.22 bits per heavy atom. The van der Waals surface area contributed by atoms with Crippen LogP contribution in [0.1, 0.15) is 130 Å². The van der Waals surface area contributed by atoms with Gasteiger partial charge in [0.05, 0.1) is 40.2 Å². The Kier molecular flexibility index (Phi) is 19.7. The third-order valence-electron chi connectivity index (χ3n) is 25.1. The number of nitrogen functional groups attached to an aromatic ring is 4. The summed E-state index contributed by atoms with van der Waals surface area (Å²) < 4.78 is 30.9. The lowest BCUT2D eigenvalue weighted by molar-refractivity contribution is -0.876. The highest BCUT2D eigenvalue weighted by Crippen LogP contribution is 2.46. The van der Waals surface area contributed by atoms with Crippen molar-refractivity contribution in [3.05, 3.63) is 297 Å². The maximum atomic E-state index is 15.8. The molecule has 12 aromatic heterocycles. The highest BCUT2D eigenvalue weighted by atomic mass is 19.1. The van der Waals surface area contributed by atoms with Crippen LogP contribution >= 0.6 is 0 Å². The number of halogens is 1. The van der Waals surface area contributed by atoms with Crippen LogP contribution in [-0.4, -0.2) is 94.7 Å². The molecule has 614 valence electrons. The van der Waals surface area contributed by atoms with Gasteiger partial charge in [0.15, 0.2) is 17.5 Å². The van der Waals surface area contributed by atoms with E-state index in [9.17, 15) is 5.21 Å². The maximum Gasteiger partial charge on any atom is 0.265 e. The van der Waals surface area contributed by atoms with Gasteiger partial charge < -0.3 is 27.7 Å². The largest absolute Gasteiger partial charge is 0.480 e. The molecule has 0 atom stereocenters. The second-order valence-corrected chi connectivity index (χ2v) is 32.5. The Morgan fingerprint density at radius 1 is 0.376 bits per heavy atom. The molecule has 9 N–H and O–H groups in total. The van der Waals surface area contributed by atoms with E-state index in [0.717, 1.165) is 190 Å². The minimum Gasteiger partial charge on any atom is -0.480 e. The summed E-state index contributed by atoms with van der Waals surface area (Å²) in [6, 6.07) is 69.3. The number of hydrogen-bond acceptors (Lipinski definition) is 19. The van der Waals surface area contributed by atoms with Crippen LogP contribution in [0.4, 0.5) is 27.7 Å². The van der Waals surface area contributed by atoms with E-state index in [1.54, 1.807) is 38.0 Å². The Labute approximate surface area is 716 Å². The van der Waals surface area contributed by atoms with Crippen molar-refractivity contribution in [2.75, 3.05) is 30.0 Å². The molecule has 125 heavy (non-hydrogen) atoms. The average molecular weight is 1650 g/mol. The Balaban J connectivity index is 0.000000102. The van der Waals surface area contributed by atoms with E-state index in [-0.39, 0.29) is 0 Å². The summed E-state index contributed by atoms with van der Waals surface area (Å²) in [4.78, 5) is 60.9. The van der Waals surface area contributed by atoms with Gasteiger partial charge in [0, 0.05) is 146 Å². The summed E-state index contributed by atoms with van der Waals surface area (Å²) >= 11 is 0. The first-order valence-corrected chi connectivity index (χ1v) is 42.5. The molecule has 0 saturated heterocycles. The molecule has 0 aliphatic heterocycles. The van der Waals surface area contributed by atoms with E-state index in [1.165, 1.54) is 43.3 Å². The summed E-state index contributed by atoms with van der Waals surface area (Å²) in [5.74, 6) is 9.18. The number of aryl methyl sites for hydroxylation is 1. The Bertz CT molecular complexity index is 7540. The molecule has 25 heteroatoms. The molecule has 12 heterocycles. The van der Waals surface area contributed by atoms with E-state index in [0.29, 0.717) is 86.5 Å². The van der Waals surface area contributed by atoms with Gasteiger partial charge in [0.1, 0.15) is 96.9 Å². The lowest BCUT2D eigenvalue weighted by Crippen LogP contribution is -2.33. The van der Waals surface area contributed by atoms with E-state index in [1.807, 2.05) is 224 Å². The van der Waals surface area contributed by atoms with Gasteiger partial charge in [-0.15, -0.1) is 0 Å². The summed E-state index contributed by atoms with van der Waals surface area (Å²) in [6.07, 6.45) is 28.6. The zero-order chi connectivity index (χ0) is 84.5.